The zero-order valence-corrected chi connectivity index (χ0v) is 9.33. The van der Waals surface area contributed by atoms with Crippen LogP contribution in [0.4, 0.5) is 5.69 Å². The Bertz CT molecular complexity index is 369. The van der Waals surface area contributed by atoms with Gasteiger partial charge in [0.25, 0.3) is 0 Å². The second-order valence-electron chi connectivity index (χ2n) is 3.46. The van der Waals surface area contributed by atoms with Crippen LogP contribution in [0.15, 0.2) is 60.8 Å². The maximum Gasteiger partial charge on any atom is 0.0381 e. The van der Waals surface area contributed by atoms with E-state index in [1.807, 2.05) is 25.2 Å². The summed E-state index contributed by atoms with van der Waals surface area (Å²) in [6.07, 6.45) is 7.64. The number of rotatable bonds is 4. The van der Waals surface area contributed by atoms with E-state index in [1.54, 1.807) is 6.08 Å². The molecule has 1 nitrogen and oxygen atoms in total. The van der Waals surface area contributed by atoms with Crippen molar-refractivity contribution in [2.24, 2.45) is 0 Å². The van der Waals surface area contributed by atoms with Gasteiger partial charge in [-0.1, -0.05) is 42.5 Å². The normalized spacial score (nSPS) is 11.7. The van der Waals surface area contributed by atoms with E-state index in [-0.39, 0.29) is 0 Å². The molecule has 0 heterocycles. The molecule has 1 N–H and O–H groups in total. The maximum atomic E-state index is 3.61. The van der Waals surface area contributed by atoms with Gasteiger partial charge in [-0.3, -0.25) is 0 Å². The van der Waals surface area contributed by atoms with Gasteiger partial charge in [0.15, 0.2) is 0 Å². The van der Waals surface area contributed by atoms with Crippen LogP contribution in [-0.4, -0.2) is 0 Å². The zero-order valence-electron chi connectivity index (χ0n) is 9.33. The molecule has 0 amide bonds. The molecule has 0 bridgehead atoms. The van der Waals surface area contributed by atoms with Crippen molar-refractivity contribution in [3.05, 3.63) is 66.4 Å². The molecule has 0 atom stereocenters. The lowest BCUT2D eigenvalue weighted by atomic mass is 10.2. The van der Waals surface area contributed by atoms with Gasteiger partial charge < -0.3 is 5.32 Å². The van der Waals surface area contributed by atoms with Gasteiger partial charge in [-0.25, -0.2) is 0 Å². The van der Waals surface area contributed by atoms with E-state index in [1.165, 1.54) is 5.56 Å². The summed E-state index contributed by atoms with van der Waals surface area (Å²) in [6.45, 7) is 7.73. The Balaban J connectivity index is 2.61. The summed E-state index contributed by atoms with van der Waals surface area (Å²) in [4.78, 5) is 0. The fourth-order valence-electron chi connectivity index (χ4n) is 1.18. The number of anilines is 1. The summed E-state index contributed by atoms with van der Waals surface area (Å²) in [5.41, 5.74) is 3.49. The Morgan fingerprint density at radius 1 is 1.20 bits per heavy atom. The molecule has 1 aromatic carbocycles. The molecule has 0 unspecified atom stereocenters. The highest BCUT2D eigenvalue weighted by atomic mass is 14.9. The second kappa shape index (κ2) is 5.86. The molecular weight excluding hydrogens is 182 g/mol. The second-order valence-corrected chi connectivity index (χ2v) is 3.46. The lowest BCUT2D eigenvalue weighted by molar-refractivity contribution is 1.36. The van der Waals surface area contributed by atoms with Crippen molar-refractivity contribution in [1.29, 1.82) is 0 Å². The van der Waals surface area contributed by atoms with Crippen molar-refractivity contribution >= 4 is 5.69 Å². The molecule has 0 fully saturated rings. The topological polar surface area (TPSA) is 12.0 Å². The molecule has 0 aliphatic heterocycles. The van der Waals surface area contributed by atoms with Gasteiger partial charge in [0.1, 0.15) is 0 Å². The first-order valence-corrected chi connectivity index (χ1v) is 5.02. The molecule has 1 rings (SSSR count). The summed E-state index contributed by atoms with van der Waals surface area (Å²) < 4.78 is 0. The highest BCUT2D eigenvalue weighted by Gasteiger charge is 1.90. The van der Waals surface area contributed by atoms with Gasteiger partial charge in [0.05, 0.1) is 0 Å². The van der Waals surface area contributed by atoms with Gasteiger partial charge in [-0.05, 0) is 32.1 Å². The van der Waals surface area contributed by atoms with E-state index in [4.69, 9.17) is 0 Å². The molecule has 15 heavy (non-hydrogen) atoms. The molecule has 0 aliphatic carbocycles. The summed E-state index contributed by atoms with van der Waals surface area (Å²) in [5, 5.41) is 3.30. The molecule has 0 aromatic heterocycles. The minimum Gasteiger partial charge on any atom is -0.359 e. The van der Waals surface area contributed by atoms with Gasteiger partial charge in [0.2, 0.25) is 0 Å². The first-order chi connectivity index (χ1) is 7.22. The van der Waals surface area contributed by atoms with E-state index in [2.05, 4.69) is 43.1 Å². The maximum absolute atomic E-state index is 3.61. The van der Waals surface area contributed by atoms with Crippen molar-refractivity contribution in [1.82, 2.24) is 0 Å². The molecule has 0 aliphatic rings. The Labute approximate surface area is 91.8 Å². The van der Waals surface area contributed by atoms with Crippen molar-refractivity contribution in [2.75, 3.05) is 5.32 Å². The van der Waals surface area contributed by atoms with Gasteiger partial charge in [-0.15, -0.1) is 0 Å². The fraction of sp³-hybridized carbons (Fsp3) is 0.143. The first kappa shape index (κ1) is 11.3. The lowest BCUT2D eigenvalue weighted by Crippen LogP contribution is -1.94. The van der Waals surface area contributed by atoms with E-state index in [0.717, 1.165) is 11.4 Å². The lowest BCUT2D eigenvalue weighted by Gasteiger charge is -2.05. The predicted octanol–water partition coefficient (Wildman–Crippen LogP) is 4.05. The average Bonchev–Trinajstić information content (AvgIpc) is 2.22. The quantitative estimate of drug-likeness (QED) is 0.721. The Kier molecular flexibility index (Phi) is 4.42. The van der Waals surface area contributed by atoms with Crippen LogP contribution in [0.3, 0.4) is 0 Å². The Hall–Kier alpha value is -1.76. The number of aryl methyl sites for hydroxylation is 1. The van der Waals surface area contributed by atoms with E-state index in [0.29, 0.717) is 0 Å². The number of hydrogen-bond acceptors (Lipinski definition) is 1. The van der Waals surface area contributed by atoms with Crippen LogP contribution < -0.4 is 5.32 Å². The monoisotopic (exact) mass is 199 g/mol. The van der Waals surface area contributed by atoms with E-state index >= 15 is 0 Å². The van der Waals surface area contributed by atoms with Crippen LogP contribution in [0, 0.1) is 6.92 Å². The highest BCUT2D eigenvalue weighted by Crippen LogP contribution is 2.10. The first-order valence-electron chi connectivity index (χ1n) is 5.02. The largest absolute Gasteiger partial charge is 0.359 e. The van der Waals surface area contributed by atoms with Gasteiger partial charge in [-0.2, -0.15) is 0 Å². The summed E-state index contributed by atoms with van der Waals surface area (Å²) in [7, 11) is 0. The summed E-state index contributed by atoms with van der Waals surface area (Å²) >= 11 is 0. The molecule has 1 aromatic rings. The van der Waals surface area contributed by atoms with Gasteiger partial charge >= 0.3 is 0 Å². The predicted molar refractivity (Wildman–Crippen MR) is 67.9 cm³/mol. The van der Waals surface area contributed by atoms with E-state index in [9.17, 15) is 0 Å². The van der Waals surface area contributed by atoms with Crippen LogP contribution in [-0.2, 0) is 0 Å². The van der Waals surface area contributed by atoms with Crippen molar-refractivity contribution in [3.8, 4) is 0 Å². The Morgan fingerprint density at radius 3 is 2.47 bits per heavy atom. The minimum absolute atomic E-state index is 1.11. The highest BCUT2D eigenvalue weighted by molar-refractivity contribution is 5.49. The number of hydrogen-bond donors (Lipinski definition) is 1. The van der Waals surface area contributed by atoms with Crippen LogP contribution in [0.25, 0.3) is 0 Å². The number of nitrogens with one attached hydrogen (secondary N) is 1. The van der Waals surface area contributed by atoms with Crippen molar-refractivity contribution in [3.63, 3.8) is 0 Å². The molecule has 1 heteroatoms. The average molecular weight is 199 g/mol. The third-order valence-electron chi connectivity index (χ3n) is 1.99. The third kappa shape index (κ3) is 4.32. The number of allylic oxidation sites excluding steroid dienone is 5. The van der Waals surface area contributed by atoms with Crippen molar-refractivity contribution in [2.45, 2.75) is 13.8 Å². The minimum atomic E-state index is 1.11. The van der Waals surface area contributed by atoms with Crippen LogP contribution in [0.1, 0.15) is 12.5 Å². The molecule has 0 radical (unpaired) electrons. The van der Waals surface area contributed by atoms with Crippen LogP contribution in [0.5, 0.6) is 0 Å². The van der Waals surface area contributed by atoms with Crippen molar-refractivity contribution < 1.29 is 0 Å². The molecular formula is C14H17N. The van der Waals surface area contributed by atoms with E-state index < -0.39 is 0 Å². The van der Waals surface area contributed by atoms with Crippen LogP contribution >= 0.6 is 0 Å². The number of benzene rings is 1. The fourth-order valence-corrected chi connectivity index (χ4v) is 1.18. The zero-order chi connectivity index (χ0) is 11.1. The molecule has 0 saturated carbocycles. The SMILES string of the molecule is C=C/C=C\C=C(/C)Nc1ccc(C)cc1. The van der Waals surface area contributed by atoms with Gasteiger partial charge in [0, 0.05) is 11.4 Å². The Morgan fingerprint density at radius 2 is 1.87 bits per heavy atom. The molecule has 0 spiro atoms. The smallest absolute Gasteiger partial charge is 0.0381 e. The molecule has 78 valence electrons. The van der Waals surface area contributed by atoms with Crippen LogP contribution in [0.2, 0.25) is 0 Å². The summed E-state index contributed by atoms with van der Waals surface area (Å²) in [5.74, 6) is 0. The molecule has 0 saturated heterocycles. The third-order valence-corrected chi connectivity index (χ3v) is 1.99. The standard InChI is InChI=1S/C14H17N/c1-4-5-6-7-13(3)15-14-10-8-12(2)9-11-14/h4-11,15H,1H2,2-3H3/b6-5-,13-7+. The summed E-state index contributed by atoms with van der Waals surface area (Å²) in [6, 6.07) is 8.33.